The number of hydrogen-bond acceptors (Lipinski definition) is 3. The minimum Gasteiger partial charge on any atom is -0.352 e. The molecule has 0 aliphatic heterocycles. The van der Waals surface area contributed by atoms with Crippen LogP contribution >= 0.6 is 11.6 Å². The Balaban J connectivity index is 3.08. The molecule has 78 valence electrons. The highest BCUT2D eigenvalue weighted by Crippen LogP contribution is 2.19. The van der Waals surface area contributed by atoms with Gasteiger partial charge in [-0.25, -0.2) is 9.37 Å². The maximum absolute atomic E-state index is 13.3. The Labute approximate surface area is 87.9 Å². The lowest BCUT2D eigenvalue weighted by molar-refractivity contribution is 0.588. The van der Waals surface area contributed by atoms with Crippen LogP contribution in [0.25, 0.3) is 0 Å². The lowest BCUT2D eigenvalue weighted by Gasteiger charge is -2.26. The van der Waals surface area contributed by atoms with Crippen LogP contribution in [-0.4, -0.2) is 22.6 Å². The Morgan fingerprint density at radius 3 is 2.71 bits per heavy atom. The van der Waals surface area contributed by atoms with E-state index in [1.165, 1.54) is 0 Å². The summed E-state index contributed by atoms with van der Waals surface area (Å²) in [6.45, 7) is 6.56. The van der Waals surface area contributed by atoms with E-state index in [1.54, 1.807) is 0 Å². The summed E-state index contributed by atoms with van der Waals surface area (Å²) < 4.78 is 13.3. The summed E-state index contributed by atoms with van der Waals surface area (Å²) in [6, 6.07) is 0.181. The van der Waals surface area contributed by atoms with E-state index in [2.05, 4.69) is 9.97 Å². The lowest BCUT2D eigenvalue weighted by atomic mass is 10.3. The normalized spacial score (nSPS) is 10.7. The minimum absolute atomic E-state index is 0.0699. The predicted octanol–water partition coefficient (Wildman–Crippen LogP) is 2.50. The number of aromatic nitrogens is 2. The van der Waals surface area contributed by atoms with E-state index in [0.717, 1.165) is 6.20 Å². The van der Waals surface area contributed by atoms with Gasteiger partial charge >= 0.3 is 0 Å². The van der Waals surface area contributed by atoms with Gasteiger partial charge in [-0.1, -0.05) is 0 Å². The highest BCUT2D eigenvalue weighted by atomic mass is 35.5. The fourth-order valence-corrected chi connectivity index (χ4v) is 1.43. The second kappa shape index (κ2) is 4.55. The molecule has 0 atom stereocenters. The average Bonchev–Trinajstić information content (AvgIpc) is 2.11. The summed E-state index contributed by atoms with van der Waals surface area (Å²) in [6.07, 6.45) is 1.09. The highest BCUT2D eigenvalue weighted by molar-refractivity contribution is 6.28. The van der Waals surface area contributed by atoms with Crippen molar-refractivity contribution in [2.75, 3.05) is 11.4 Å². The molecule has 5 heteroatoms. The monoisotopic (exact) mass is 217 g/mol. The fourth-order valence-electron chi connectivity index (χ4n) is 1.30. The molecule has 14 heavy (non-hydrogen) atoms. The van der Waals surface area contributed by atoms with Crippen molar-refractivity contribution in [3.05, 3.63) is 17.3 Å². The molecule has 1 rings (SSSR count). The van der Waals surface area contributed by atoms with E-state index in [1.807, 2.05) is 25.7 Å². The molecule has 0 saturated heterocycles. The first-order chi connectivity index (χ1) is 6.56. The second-order valence-corrected chi connectivity index (χ2v) is 3.53. The molecule has 0 spiro atoms. The minimum atomic E-state index is -0.440. The molecular formula is C9H13ClFN3. The summed E-state index contributed by atoms with van der Waals surface area (Å²) in [5, 5.41) is 0.0699. The fraction of sp³-hybridized carbons (Fsp3) is 0.556. The molecule has 1 heterocycles. The van der Waals surface area contributed by atoms with Gasteiger partial charge in [0.2, 0.25) is 5.28 Å². The SMILES string of the molecule is CCN(c1nc(Cl)ncc1F)C(C)C. The van der Waals surface area contributed by atoms with Gasteiger partial charge in [0.15, 0.2) is 11.6 Å². The maximum Gasteiger partial charge on any atom is 0.224 e. The molecule has 0 bridgehead atoms. The zero-order chi connectivity index (χ0) is 10.7. The Hall–Kier alpha value is -0.900. The van der Waals surface area contributed by atoms with Gasteiger partial charge in [0.05, 0.1) is 6.20 Å². The average molecular weight is 218 g/mol. The number of anilines is 1. The Morgan fingerprint density at radius 1 is 1.57 bits per heavy atom. The van der Waals surface area contributed by atoms with E-state index in [0.29, 0.717) is 6.54 Å². The van der Waals surface area contributed by atoms with Gasteiger partial charge in [0, 0.05) is 12.6 Å². The number of hydrogen-bond donors (Lipinski definition) is 0. The molecule has 0 N–H and O–H groups in total. The van der Waals surface area contributed by atoms with Crippen LogP contribution in [0.15, 0.2) is 6.20 Å². The Bertz CT molecular complexity index is 317. The van der Waals surface area contributed by atoms with Crippen molar-refractivity contribution >= 4 is 17.4 Å². The van der Waals surface area contributed by atoms with Crippen molar-refractivity contribution in [2.24, 2.45) is 0 Å². The molecule has 0 unspecified atom stereocenters. The number of rotatable bonds is 3. The van der Waals surface area contributed by atoms with Crippen LogP contribution in [0.5, 0.6) is 0 Å². The Kier molecular flexibility index (Phi) is 3.63. The highest BCUT2D eigenvalue weighted by Gasteiger charge is 2.15. The first-order valence-electron chi connectivity index (χ1n) is 4.51. The van der Waals surface area contributed by atoms with Crippen LogP contribution in [0.1, 0.15) is 20.8 Å². The molecule has 0 aliphatic rings. The zero-order valence-electron chi connectivity index (χ0n) is 8.46. The van der Waals surface area contributed by atoms with Crippen molar-refractivity contribution < 1.29 is 4.39 Å². The molecule has 0 aliphatic carbocycles. The second-order valence-electron chi connectivity index (χ2n) is 3.19. The predicted molar refractivity (Wildman–Crippen MR) is 55.2 cm³/mol. The summed E-state index contributed by atoms with van der Waals surface area (Å²) >= 11 is 5.61. The van der Waals surface area contributed by atoms with Gasteiger partial charge in [-0.15, -0.1) is 0 Å². The van der Waals surface area contributed by atoms with Crippen molar-refractivity contribution in [1.82, 2.24) is 9.97 Å². The summed E-state index contributed by atoms with van der Waals surface area (Å²) in [5.74, 6) is -0.174. The molecule has 0 fully saturated rings. The van der Waals surface area contributed by atoms with Crippen molar-refractivity contribution in [1.29, 1.82) is 0 Å². The van der Waals surface area contributed by atoms with Crippen LogP contribution in [0, 0.1) is 5.82 Å². The van der Waals surface area contributed by atoms with Crippen LogP contribution in [-0.2, 0) is 0 Å². The Morgan fingerprint density at radius 2 is 2.21 bits per heavy atom. The van der Waals surface area contributed by atoms with E-state index in [9.17, 15) is 4.39 Å². The molecule has 0 amide bonds. The van der Waals surface area contributed by atoms with Crippen molar-refractivity contribution in [3.8, 4) is 0 Å². The van der Waals surface area contributed by atoms with Crippen LogP contribution < -0.4 is 4.90 Å². The van der Waals surface area contributed by atoms with Crippen molar-refractivity contribution in [3.63, 3.8) is 0 Å². The summed E-state index contributed by atoms with van der Waals surface area (Å²) in [4.78, 5) is 9.26. The molecule has 0 saturated carbocycles. The molecule has 0 radical (unpaired) electrons. The largest absolute Gasteiger partial charge is 0.352 e. The number of halogens is 2. The standard InChI is InChI=1S/C9H13ClFN3/c1-4-14(6(2)3)8-7(11)5-12-9(10)13-8/h5-6H,4H2,1-3H3. The van der Waals surface area contributed by atoms with Gasteiger partial charge in [0.25, 0.3) is 0 Å². The molecule has 1 aromatic heterocycles. The van der Waals surface area contributed by atoms with Gasteiger partial charge in [0.1, 0.15) is 0 Å². The topological polar surface area (TPSA) is 29.0 Å². The smallest absolute Gasteiger partial charge is 0.224 e. The van der Waals surface area contributed by atoms with Crippen LogP contribution in [0.2, 0.25) is 5.28 Å². The van der Waals surface area contributed by atoms with E-state index in [4.69, 9.17) is 11.6 Å². The van der Waals surface area contributed by atoms with Crippen molar-refractivity contribution in [2.45, 2.75) is 26.8 Å². The van der Waals surface area contributed by atoms with Crippen LogP contribution in [0.4, 0.5) is 10.2 Å². The van der Waals surface area contributed by atoms with Gasteiger partial charge < -0.3 is 4.90 Å². The third-order valence-electron chi connectivity index (χ3n) is 1.93. The first-order valence-corrected chi connectivity index (χ1v) is 4.88. The first kappa shape index (κ1) is 11.2. The van der Waals surface area contributed by atoms with E-state index < -0.39 is 5.82 Å². The van der Waals surface area contributed by atoms with Gasteiger partial charge in [-0.2, -0.15) is 4.98 Å². The molecular weight excluding hydrogens is 205 g/mol. The number of nitrogens with zero attached hydrogens (tertiary/aromatic N) is 3. The quantitative estimate of drug-likeness (QED) is 0.729. The van der Waals surface area contributed by atoms with Gasteiger partial charge in [-0.3, -0.25) is 0 Å². The molecule has 1 aromatic rings. The molecule has 0 aromatic carbocycles. The zero-order valence-corrected chi connectivity index (χ0v) is 9.22. The lowest BCUT2D eigenvalue weighted by Crippen LogP contribution is -2.32. The van der Waals surface area contributed by atoms with E-state index in [-0.39, 0.29) is 17.1 Å². The molecule has 3 nitrogen and oxygen atoms in total. The summed E-state index contributed by atoms with van der Waals surface area (Å²) in [7, 11) is 0. The third kappa shape index (κ3) is 2.32. The van der Waals surface area contributed by atoms with Crippen LogP contribution in [0.3, 0.4) is 0 Å². The summed E-state index contributed by atoms with van der Waals surface area (Å²) in [5.41, 5.74) is 0. The maximum atomic E-state index is 13.3. The van der Waals surface area contributed by atoms with E-state index >= 15 is 0 Å². The third-order valence-corrected chi connectivity index (χ3v) is 2.11. The van der Waals surface area contributed by atoms with Gasteiger partial charge in [-0.05, 0) is 32.4 Å².